The maximum absolute atomic E-state index is 12.1. The van der Waals surface area contributed by atoms with Gasteiger partial charge in [-0.2, -0.15) is 5.26 Å². The van der Waals surface area contributed by atoms with Gasteiger partial charge in [0.2, 0.25) is 0 Å². The van der Waals surface area contributed by atoms with E-state index in [1.165, 1.54) is 0 Å². The summed E-state index contributed by atoms with van der Waals surface area (Å²) in [7, 11) is 0. The van der Waals surface area contributed by atoms with Crippen LogP contribution in [0.25, 0.3) is 0 Å². The number of nitrogens with zero attached hydrogens (tertiary/aromatic N) is 1. The smallest absolute Gasteiger partial charge is 0.407 e. The van der Waals surface area contributed by atoms with Crippen LogP contribution in [0.1, 0.15) is 50.0 Å². The van der Waals surface area contributed by atoms with E-state index >= 15 is 0 Å². The van der Waals surface area contributed by atoms with Crippen LogP contribution >= 0.6 is 0 Å². The lowest BCUT2D eigenvalue weighted by Crippen LogP contribution is -2.38. The summed E-state index contributed by atoms with van der Waals surface area (Å²) in [6.45, 7) is 7.05. The summed E-state index contributed by atoms with van der Waals surface area (Å²) < 4.78 is 5.13. The minimum atomic E-state index is -0.574. The molecule has 0 saturated carbocycles. The molecule has 1 N–H and O–H groups in total. The lowest BCUT2D eigenvalue weighted by molar-refractivity contribution is 0.0506. The third kappa shape index (κ3) is 6.09. The van der Waals surface area contributed by atoms with Crippen molar-refractivity contribution in [1.82, 2.24) is 5.32 Å². The maximum Gasteiger partial charge on any atom is 0.407 e. The maximum atomic E-state index is 12.1. The van der Waals surface area contributed by atoms with Gasteiger partial charge in [0.1, 0.15) is 5.60 Å². The molecule has 1 rings (SSSR count). The Morgan fingerprint density at radius 2 is 2.05 bits per heavy atom. The average molecular weight is 288 g/mol. The second kappa shape index (κ2) is 6.89. The highest BCUT2D eigenvalue weighted by atomic mass is 16.6. The summed E-state index contributed by atoms with van der Waals surface area (Å²) in [6, 6.07) is 8.15. The van der Waals surface area contributed by atoms with E-state index in [4.69, 9.17) is 10.00 Å². The fraction of sp³-hybridized carbons (Fsp3) is 0.438. The topological polar surface area (TPSA) is 79.2 Å². The second-order valence-corrected chi connectivity index (χ2v) is 5.87. The predicted molar refractivity (Wildman–Crippen MR) is 78.9 cm³/mol. The van der Waals surface area contributed by atoms with Crippen molar-refractivity contribution in [3.05, 3.63) is 35.4 Å². The first-order valence-electron chi connectivity index (χ1n) is 6.74. The first-order chi connectivity index (χ1) is 9.71. The van der Waals surface area contributed by atoms with Crippen LogP contribution in [0.5, 0.6) is 0 Å². The molecule has 0 spiro atoms. The largest absolute Gasteiger partial charge is 0.444 e. The Kier molecular flexibility index (Phi) is 5.48. The number of benzene rings is 1. The number of carbonyl (C=O) groups excluding carboxylic acids is 2. The van der Waals surface area contributed by atoms with Gasteiger partial charge in [-0.15, -0.1) is 0 Å². The molecule has 1 amide bonds. The molecule has 5 nitrogen and oxygen atoms in total. The van der Waals surface area contributed by atoms with Gasteiger partial charge in [0.05, 0.1) is 11.6 Å². The normalized spacial score (nSPS) is 12.1. The molecule has 1 atom stereocenters. The van der Waals surface area contributed by atoms with Crippen molar-refractivity contribution in [2.24, 2.45) is 0 Å². The Hall–Kier alpha value is -2.35. The zero-order valence-corrected chi connectivity index (χ0v) is 12.8. The van der Waals surface area contributed by atoms with Gasteiger partial charge in [-0.3, -0.25) is 4.79 Å². The van der Waals surface area contributed by atoms with Gasteiger partial charge in [0.25, 0.3) is 0 Å². The Bertz CT molecular complexity index is 568. The van der Waals surface area contributed by atoms with Gasteiger partial charge in [-0.1, -0.05) is 12.1 Å². The SMILES string of the molecule is CC(CC(=O)c1cccc(C#N)c1)NC(=O)OC(C)(C)C. The van der Waals surface area contributed by atoms with E-state index in [1.54, 1.807) is 52.0 Å². The Morgan fingerprint density at radius 1 is 1.38 bits per heavy atom. The molecule has 0 bridgehead atoms. The van der Waals surface area contributed by atoms with Crippen molar-refractivity contribution >= 4 is 11.9 Å². The average Bonchev–Trinajstić information content (AvgIpc) is 2.36. The lowest BCUT2D eigenvalue weighted by atomic mass is 10.0. The third-order valence-corrected chi connectivity index (χ3v) is 2.57. The Morgan fingerprint density at radius 3 is 2.62 bits per heavy atom. The fourth-order valence-electron chi connectivity index (χ4n) is 1.72. The molecule has 0 aliphatic heterocycles. The molecule has 1 aromatic rings. The number of hydrogen-bond donors (Lipinski definition) is 1. The molecule has 1 unspecified atom stereocenters. The van der Waals surface area contributed by atoms with Gasteiger partial charge < -0.3 is 10.1 Å². The standard InChI is InChI=1S/C16H20N2O3/c1-11(18-15(20)21-16(2,3)4)8-14(19)13-7-5-6-12(9-13)10-17/h5-7,9,11H,8H2,1-4H3,(H,18,20). The van der Waals surface area contributed by atoms with Crippen molar-refractivity contribution in [2.45, 2.75) is 45.8 Å². The van der Waals surface area contributed by atoms with Crippen LogP contribution in [0.15, 0.2) is 24.3 Å². The molecule has 0 fully saturated rings. The van der Waals surface area contributed by atoms with E-state index < -0.39 is 11.7 Å². The highest BCUT2D eigenvalue weighted by molar-refractivity contribution is 5.96. The summed E-state index contributed by atoms with van der Waals surface area (Å²) in [5, 5.41) is 11.4. The molecule has 21 heavy (non-hydrogen) atoms. The molecule has 0 saturated heterocycles. The van der Waals surface area contributed by atoms with Crippen molar-refractivity contribution < 1.29 is 14.3 Å². The number of amides is 1. The van der Waals surface area contributed by atoms with E-state index in [-0.39, 0.29) is 18.2 Å². The van der Waals surface area contributed by atoms with E-state index in [1.807, 2.05) is 6.07 Å². The molecule has 0 aliphatic rings. The number of rotatable bonds is 4. The summed E-state index contributed by atoms with van der Waals surface area (Å²) in [5.74, 6) is -0.129. The molecule has 0 radical (unpaired) electrons. The zero-order valence-electron chi connectivity index (χ0n) is 12.8. The molecular formula is C16H20N2O3. The van der Waals surface area contributed by atoms with Crippen LogP contribution in [0.2, 0.25) is 0 Å². The number of Topliss-reactive ketones (excluding diaryl/α,β-unsaturated/α-hetero) is 1. The number of alkyl carbamates (subject to hydrolysis) is 1. The number of nitriles is 1. The van der Waals surface area contributed by atoms with E-state index in [0.717, 1.165) is 0 Å². The van der Waals surface area contributed by atoms with Crippen LogP contribution in [0.4, 0.5) is 4.79 Å². The first kappa shape index (κ1) is 16.7. The van der Waals surface area contributed by atoms with Crippen molar-refractivity contribution in [1.29, 1.82) is 5.26 Å². The predicted octanol–water partition coefficient (Wildman–Crippen LogP) is 3.04. The number of ether oxygens (including phenoxy) is 1. The number of nitrogens with one attached hydrogen (secondary N) is 1. The van der Waals surface area contributed by atoms with E-state index in [2.05, 4.69) is 5.32 Å². The molecule has 5 heteroatoms. The molecule has 0 aromatic heterocycles. The third-order valence-electron chi connectivity index (χ3n) is 2.57. The van der Waals surface area contributed by atoms with Gasteiger partial charge in [0, 0.05) is 18.0 Å². The molecule has 112 valence electrons. The minimum absolute atomic E-state index is 0.129. The molecule has 1 aromatic carbocycles. The van der Waals surface area contributed by atoms with Crippen molar-refractivity contribution in [2.75, 3.05) is 0 Å². The van der Waals surface area contributed by atoms with Crippen molar-refractivity contribution in [3.63, 3.8) is 0 Å². The van der Waals surface area contributed by atoms with Crippen LogP contribution < -0.4 is 5.32 Å². The van der Waals surface area contributed by atoms with Crippen LogP contribution in [0.3, 0.4) is 0 Å². The summed E-state index contributed by atoms with van der Waals surface area (Å²) in [4.78, 5) is 23.7. The lowest BCUT2D eigenvalue weighted by Gasteiger charge is -2.21. The highest BCUT2D eigenvalue weighted by Gasteiger charge is 2.19. The summed E-state index contributed by atoms with van der Waals surface area (Å²) in [6.07, 6.45) is -0.401. The molecule has 0 aliphatic carbocycles. The quantitative estimate of drug-likeness (QED) is 0.864. The fourth-order valence-corrected chi connectivity index (χ4v) is 1.72. The van der Waals surface area contributed by atoms with Gasteiger partial charge in [-0.25, -0.2) is 4.79 Å². The minimum Gasteiger partial charge on any atom is -0.444 e. The number of ketones is 1. The van der Waals surface area contributed by atoms with E-state index in [9.17, 15) is 9.59 Å². The van der Waals surface area contributed by atoms with E-state index in [0.29, 0.717) is 11.1 Å². The van der Waals surface area contributed by atoms with Crippen LogP contribution in [0, 0.1) is 11.3 Å². The second-order valence-electron chi connectivity index (χ2n) is 5.87. The molecule has 0 heterocycles. The Balaban J connectivity index is 2.58. The van der Waals surface area contributed by atoms with Crippen LogP contribution in [-0.4, -0.2) is 23.5 Å². The van der Waals surface area contributed by atoms with Crippen LogP contribution in [-0.2, 0) is 4.74 Å². The van der Waals surface area contributed by atoms with Crippen molar-refractivity contribution in [3.8, 4) is 6.07 Å². The first-order valence-corrected chi connectivity index (χ1v) is 6.74. The van der Waals surface area contributed by atoms with Gasteiger partial charge >= 0.3 is 6.09 Å². The monoisotopic (exact) mass is 288 g/mol. The summed E-state index contributed by atoms with van der Waals surface area (Å²) >= 11 is 0. The summed E-state index contributed by atoms with van der Waals surface area (Å²) in [5.41, 5.74) is 0.329. The Labute approximate surface area is 124 Å². The van der Waals surface area contributed by atoms with Gasteiger partial charge in [0.15, 0.2) is 5.78 Å². The zero-order chi connectivity index (χ0) is 16.0. The highest BCUT2D eigenvalue weighted by Crippen LogP contribution is 2.10. The van der Waals surface area contributed by atoms with Gasteiger partial charge in [-0.05, 0) is 39.8 Å². The number of carbonyl (C=O) groups is 2. The number of hydrogen-bond acceptors (Lipinski definition) is 4. The molecular weight excluding hydrogens is 268 g/mol.